The molecule has 0 aliphatic rings. The maximum atomic E-state index is 12.4. The van der Waals surface area contributed by atoms with E-state index in [9.17, 15) is 14.4 Å². The summed E-state index contributed by atoms with van der Waals surface area (Å²) in [5.74, 6) is -1.37. The number of rotatable bonds is 8. The molecule has 0 atom stereocenters. The van der Waals surface area contributed by atoms with Gasteiger partial charge in [0.05, 0.1) is 34.0 Å². The van der Waals surface area contributed by atoms with E-state index in [1.165, 1.54) is 52.7 Å². The van der Waals surface area contributed by atoms with Gasteiger partial charge in [0.15, 0.2) is 18.1 Å². The second kappa shape index (κ2) is 10.9. The molecule has 0 spiro atoms. The molecule has 2 aromatic carbocycles. The van der Waals surface area contributed by atoms with Crippen LogP contribution in [0.2, 0.25) is 5.02 Å². The number of halogens is 1. The average Bonchev–Trinajstić information content (AvgIpc) is 2.79. The number of carbonyl (C=O) groups excluding carboxylic acids is 3. The fraction of sp³-hybridized carbons (Fsp3) is 0.250. The molecule has 10 nitrogen and oxygen atoms in total. The Labute approximate surface area is 183 Å². The van der Waals surface area contributed by atoms with Gasteiger partial charge in [-0.15, -0.1) is 0 Å². The van der Waals surface area contributed by atoms with Crippen LogP contribution in [0.4, 0.5) is 0 Å². The number of methoxy groups -OCH3 is 4. The molecule has 2 aromatic rings. The van der Waals surface area contributed by atoms with Crippen LogP contribution in [0, 0.1) is 0 Å². The van der Waals surface area contributed by atoms with Crippen LogP contribution >= 0.6 is 11.6 Å². The van der Waals surface area contributed by atoms with Crippen LogP contribution in [0.15, 0.2) is 30.3 Å². The minimum Gasteiger partial charge on any atom is -0.496 e. The van der Waals surface area contributed by atoms with E-state index in [1.807, 2.05) is 0 Å². The zero-order valence-electron chi connectivity index (χ0n) is 17.2. The van der Waals surface area contributed by atoms with Crippen molar-refractivity contribution in [2.75, 3.05) is 35.0 Å². The standard InChI is InChI=1S/C20H21ClN2O8/c1-27-14-7-5-11(21)9-13(14)19(25)23-22-16(24)10-31-20(26)12-6-8-15(28-2)18(30-4)17(12)29-3/h5-9H,10H2,1-4H3,(H,22,24)(H,23,25). The minimum absolute atomic E-state index is 0.0284. The van der Waals surface area contributed by atoms with Gasteiger partial charge in [-0.1, -0.05) is 11.6 Å². The predicted molar refractivity (Wildman–Crippen MR) is 110 cm³/mol. The molecule has 0 bridgehead atoms. The maximum absolute atomic E-state index is 12.4. The first-order valence-electron chi connectivity index (χ1n) is 8.75. The Morgan fingerprint density at radius 1 is 0.806 bits per heavy atom. The van der Waals surface area contributed by atoms with Gasteiger partial charge in [0.2, 0.25) is 5.75 Å². The summed E-state index contributed by atoms with van der Waals surface area (Å²) in [7, 11) is 5.56. The third-order valence-electron chi connectivity index (χ3n) is 3.98. The SMILES string of the molecule is COc1ccc(Cl)cc1C(=O)NNC(=O)COC(=O)c1ccc(OC)c(OC)c1OC. The molecule has 2 amide bonds. The lowest BCUT2D eigenvalue weighted by Crippen LogP contribution is -2.43. The molecule has 0 saturated heterocycles. The highest BCUT2D eigenvalue weighted by molar-refractivity contribution is 6.31. The number of benzene rings is 2. The second-order valence-electron chi connectivity index (χ2n) is 5.80. The number of amides is 2. The number of carbonyl (C=O) groups is 3. The lowest BCUT2D eigenvalue weighted by atomic mass is 10.1. The normalized spacial score (nSPS) is 9.97. The van der Waals surface area contributed by atoms with Crippen LogP contribution in [0.3, 0.4) is 0 Å². The molecule has 2 N–H and O–H groups in total. The molecule has 11 heteroatoms. The van der Waals surface area contributed by atoms with E-state index in [0.717, 1.165) is 0 Å². The zero-order valence-corrected chi connectivity index (χ0v) is 18.0. The van der Waals surface area contributed by atoms with E-state index in [0.29, 0.717) is 10.8 Å². The summed E-state index contributed by atoms with van der Waals surface area (Å²) in [5, 5.41) is 0.315. The first-order valence-corrected chi connectivity index (χ1v) is 9.12. The summed E-state index contributed by atoms with van der Waals surface area (Å²) >= 11 is 5.88. The van der Waals surface area contributed by atoms with Gasteiger partial charge in [0.1, 0.15) is 11.3 Å². The number of hydrogen-bond acceptors (Lipinski definition) is 8. The Balaban J connectivity index is 1.98. The van der Waals surface area contributed by atoms with Gasteiger partial charge in [0, 0.05) is 5.02 Å². The summed E-state index contributed by atoms with van der Waals surface area (Å²) in [6.07, 6.45) is 0. The number of esters is 1. The van der Waals surface area contributed by atoms with E-state index in [2.05, 4.69) is 10.9 Å². The molecule has 0 saturated carbocycles. The lowest BCUT2D eigenvalue weighted by Gasteiger charge is -2.15. The molecular weight excluding hydrogens is 432 g/mol. The van der Waals surface area contributed by atoms with Gasteiger partial charge in [0.25, 0.3) is 11.8 Å². The van der Waals surface area contributed by atoms with Crippen LogP contribution in [0.5, 0.6) is 23.0 Å². The van der Waals surface area contributed by atoms with E-state index in [4.69, 9.17) is 35.3 Å². The molecule has 0 heterocycles. The van der Waals surface area contributed by atoms with Crippen molar-refractivity contribution in [2.45, 2.75) is 0 Å². The Hall–Kier alpha value is -3.66. The predicted octanol–water partition coefficient (Wildman–Crippen LogP) is 1.99. The van der Waals surface area contributed by atoms with Crippen LogP contribution in [0.25, 0.3) is 0 Å². The summed E-state index contributed by atoms with van der Waals surface area (Å²) in [4.78, 5) is 36.6. The van der Waals surface area contributed by atoms with Crippen molar-refractivity contribution in [3.8, 4) is 23.0 Å². The van der Waals surface area contributed by atoms with Crippen molar-refractivity contribution in [1.29, 1.82) is 0 Å². The van der Waals surface area contributed by atoms with Crippen molar-refractivity contribution in [2.24, 2.45) is 0 Å². The Bertz CT molecular complexity index is 980. The van der Waals surface area contributed by atoms with Crippen molar-refractivity contribution >= 4 is 29.4 Å². The summed E-state index contributed by atoms with van der Waals surface area (Å²) in [6.45, 7) is -0.663. The van der Waals surface area contributed by atoms with Crippen LogP contribution in [-0.4, -0.2) is 52.8 Å². The quantitative estimate of drug-likeness (QED) is 0.460. The molecule has 0 aliphatic heterocycles. The van der Waals surface area contributed by atoms with Gasteiger partial charge < -0.3 is 23.7 Å². The van der Waals surface area contributed by atoms with Gasteiger partial charge in [-0.25, -0.2) is 4.79 Å². The molecule has 0 radical (unpaired) electrons. The molecule has 2 rings (SSSR count). The molecule has 0 unspecified atom stereocenters. The molecule has 0 aliphatic carbocycles. The summed E-state index contributed by atoms with van der Waals surface area (Å²) in [5.41, 5.74) is 4.47. The third kappa shape index (κ3) is 5.70. The van der Waals surface area contributed by atoms with Crippen molar-refractivity contribution in [3.05, 3.63) is 46.5 Å². The largest absolute Gasteiger partial charge is 0.496 e. The monoisotopic (exact) mass is 452 g/mol. The summed E-state index contributed by atoms with van der Waals surface area (Å²) in [6, 6.07) is 7.35. The number of hydrogen-bond donors (Lipinski definition) is 2. The van der Waals surface area contributed by atoms with Gasteiger partial charge in [-0.3, -0.25) is 20.4 Å². The van der Waals surface area contributed by atoms with Crippen LogP contribution in [-0.2, 0) is 9.53 Å². The fourth-order valence-corrected chi connectivity index (χ4v) is 2.73. The summed E-state index contributed by atoms with van der Waals surface area (Å²) < 4.78 is 25.6. The Kier molecular flexibility index (Phi) is 8.33. The van der Waals surface area contributed by atoms with E-state index in [1.54, 1.807) is 6.07 Å². The van der Waals surface area contributed by atoms with Gasteiger partial charge >= 0.3 is 5.97 Å². The zero-order chi connectivity index (χ0) is 23.0. The third-order valence-corrected chi connectivity index (χ3v) is 4.22. The first-order chi connectivity index (χ1) is 14.9. The van der Waals surface area contributed by atoms with Gasteiger partial charge in [-0.05, 0) is 30.3 Å². The highest BCUT2D eigenvalue weighted by atomic mass is 35.5. The number of hydrazine groups is 1. The van der Waals surface area contributed by atoms with Crippen molar-refractivity contribution in [3.63, 3.8) is 0 Å². The van der Waals surface area contributed by atoms with E-state index in [-0.39, 0.29) is 28.4 Å². The van der Waals surface area contributed by atoms with Crippen molar-refractivity contribution in [1.82, 2.24) is 10.9 Å². The van der Waals surface area contributed by atoms with Crippen LogP contribution in [0.1, 0.15) is 20.7 Å². The Morgan fingerprint density at radius 3 is 2.06 bits per heavy atom. The van der Waals surface area contributed by atoms with E-state index < -0.39 is 24.4 Å². The number of ether oxygens (including phenoxy) is 5. The highest BCUT2D eigenvalue weighted by Gasteiger charge is 2.22. The maximum Gasteiger partial charge on any atom is 0.342 e. The van der Waals surface area contributed by atoms with E-state index >= 15 is 0 Å². The topological polar surface area (TPSA) is 121 Å². The first kappa shape index (κ1) is 23.6. The molecule has 166 valence electrons. The Morgan fingerprint density at radius 2 is 1.45 bits per heavy atom. The molecular formula is C20H21ClN2O8. The fourth-order valence-electron chi connectivity index (χ4n) is 2.56. The van der Waals surface area contributed by atoms with Crippen molar-refractivity contribution < 1.29 is 38.1 Å². The number of nitrogens with one attached hydrogen (secondary N) is 2. The minimum atomic E-state index is -0.837. The lowest BCUT2D eigenvalue weighted by molar-refractivity contribution is -0.125. The molecule has 0 fully saturated rings. The average molecular weight is 453 g/mol. The second-order valence-corrected chi connectivity index (χ2v) is 6.24. The smallest absolute Gasteiger partial charge is 0.342 e. The highest BCUT2D eigenvalue weighted by Crippen LogP contribution is 2.39. The molecule has 31 heavy (non-hydrogen) atoms. The molecule has 0 aromatic heterocycles. The van der Waals surface area contributed by atoms with Crippen LogP contribution < -0.4 is 29.8 Å². The van der Waals surface area contributed by atoms with Gasteiger partial charge in [-0.2, -0.15) is 0 Å².